The number of hydrogen-bond acceptors (Lipinski definition) is 5. The fourth-order valence-electron chi connectivity index (χ4n) is 2.34. The van der Waals surface area contributed by atoms with Gasteiger partial charge in [0.25, 0.3) is 0 Å². The smallest absolute Gasteiger partial charge is 0.331 e. The van der Waals surface area contributed by atoms with Gasteiger partial charge < -0.3 is 18.9 Å². The van der Waals surface area contributed by atoms with E-state index in [9.17, 15) is 4.79 Å². The molecule has 25 heavy (non-hydrogen) atoms. The average Bonchev–Trinajstić information content (AvgIpc) is 2.64. The number of aryl methyl sites for hydroxylation is 1. The molecule has 0 amide bonds. The molecule has 0 aromatic heterocycles. The Hall–Kier alpha value is -2.95. The summed E-state index contributed by atoms with van der Waals surface area (Å²) in [6, 6.07) is 11.1. The van der Waals surface area contributed by atoms with Gasteiger partial charge in [0.1, 0.15) is 23.9 Å². The fourth-order valence-corrected chi connectivity index (χ4v) is 2.34. The molecule has 0 saturated carbocycles. The van der Waals surface area contributed by atoms with Crippen molar-refractivity contribution in [2.45, 2.75) is 13.5 Å². The summed E-state index contributed by atoms with van der Waals surface area (Å²) in [5.74, 6) is 1.56. The second-order valence-electron chi connectivity index (χ2n) is 5.36. The summed E-state index contributed by atoms with van der Waals surface area (Å²) in [6.07, 6.45) is 3.00. The topological polar surface area (TPSA) is 54.0 Å². The second-order valence-corrected chi connectivity index (χ2v) is 5.36. The molecular weight excluding hydrogens is 320 g/mol. The van der Waals surface area contributed by atoms with Gasteiger partial charge in [-0.15, -0.1) is 0 Å². The molecule has 132 valence electrons. The van der Waals surface area contributed by atoms with E-state index in [1.54, 1.807) is 45.6 Å². The van der Waals surface area contributed by atoms with Crippen molar-refractivity contribution in [2.75, 3.05) is 21.3 Å². The highest BCUT2D eigenvalue weighted by atomic mass is 16.5. The number of carbonyl (C=O) groups excluding carboxylic acids is 1. The van der Waals surface area contributed by atoms with E-state index in [0.717, 1.165) is 16.7 Å². The highest BCUT2D eigenvalue weighted by Gasteiger charge is 2.07. The molecule has 0 heterocycles. The average molecular weight is 342 g/mol. The molecule has 2 aromatic rings. The van der Waals surface area contributed by atoms with Gasteiger partial charge in [-0.2, -0.15) is 0 Å². The number of rotatable bonds is 7. The number of hydrogen-bond donors (Lipinski definition) is 0. The van der Waals surface area contributed by atoms with Gasteiger partial charge in [-0.25, -0.2) is 4.79 Å². The van der Waals surface area contributed by atoms with Crippen LogP contribution in [0.3, 0.4) is 0 Å². The fraction of sp³-hybridized carbons (Fsp3) is 0.250. The number of esters is 1. The minimum absolute atomic E-state index is 0.142. The van der Waals surface area contributed by atoms with Gasteiger partial charge in [0, 0.05) is 17.2 Å². The monoisotopic (exact) mass is 342 g/mol. The van der Waals surface area contributed by atoms with Crippen LogP contribution in [0.25, 0.3) is 6.08 Å². The van der Waals surface area contributed by atoms with Crippen LogP contribution < -0.4 is 14.2 Å². The van der Waals surface area contributed by atoms with Crippen molar-refractivity contribution in [1.29, 1.82) is 0 Å². The molecule has 0 aliphatic heterocycles. The molecule has 2 aromatic carbocycles. The zero-order valence-electron chi connectivity index (χ0n) is 14.9. The number of methoxy groups -OCH3 is 3. The molecule has 0 aliphatic rings. The highest BCUT2D eigenvalue weighted by Crippen LogP contribution is 2.25. The summed E-state index contributed by atoms with van der Waals surface area (Å²) in [5, 5.41) is 0. The molecule has 0 saturated heterocycles. The van der Waals surface area contributed by atoms with Crippen LogP contribution in [0.15, 0.2) is 42.5 Å². The van der Waals surface area contributed by atoms with Crippen LogP contribution in [0.4, 0.5) is 0 Å². The van der Waals surface area contributed by atoms with Crippen LogP contribution in [0, 0.1) is 6.92 Å². The Balaban J connectivity index is 2.05. The van der Waals surface area contributed by atoms with E-state index in [-0.39, 0.29) is 6.61 Å². The summed E-state index contributed by atoms with van der Waals surface area (Å²) in [7, 11) is 4.74. The maximum atomic E-state index is 12.0. The Kier molecular flexibility index (Phi) is 6.46. The predicted octanol–water partition coefficient (Wildman–Crippen LogP) is 3.78. The van der Waals surface area contributed by atoms with Gasteiger partial charge in [0.2, 0.25) is 0 Å². The Morgan fingerprint density at radius 2 is 1.68 bits per heavy atom. The molecule has 0 unspecified atom stereocenters. The Morgan fingerprint density at radius 3 is 2.36 bits per heavy atom. The van der Waals surface area contributed by atoms with E-state index in [2.05, 4.69) is 0 Å². The molecule has 0 fully saturated rings. The van der Waals surface area contributed by atoms with Crippen LogP contribution in [0.5, 0.6) is 17.2 Å². The van der Waals surface area contributed by atoms with Crippen molar-refractivity contribution >= 4 is 12.0 Å². The molecule has 2 rings (SSSR count). The maximum absolute atomic E-state index is 12.0. The number of benzene rings is 2. The van der Waals surface area contributed by atoms with Crippen molar-refractivity contribution < 1.29 is 23.7 Å². The van der Waals surface area contributed by atoms with Gasteiger partial charge in [-0.3, -0.25) is 0 Å². The Labute approximate surface area is 147 Å². The summed E-state index contributed by atoms with van der Waals surface area (Å²) in [4.78, 5) is 12.0. The number of carbonyl (C=O) groups is 1. The highest BCUT2D eigenvalue weighted by molar-refractivity contribution is 5.87. The van der Waals surface area contributed by atoms with Crippen molar-refractivity contribution in [3.63, 3.8) is 0 Å². The number of ether oxygens (including phenoxy) is 4. The third-order valence-corrected chi connectivity index (χ3v) is 3.64. The summed E-state index contributed by atoms with van der Waals surface area (Å²) in [5.41, 5.74) is 2.62. The Bertz CT molecular complexity index is 765. The minimum atomic E-state index is -0.451. The van der Waals surface area contributed by atoms with Crippen LogP contribution in [-0.4, -0.2) is 27.3 Å². The first-order valence-corrected chi connectivity index (χ1v) is 7.77. The lowest BCUT2D eigenvalue weighted by Gasteiger charge is -2.09. The lowest BCUT2D eigenvalue weighted by atomic mass is 10.1. The van der Waals surface area contributed by atoms with Crippen LogP contribution in [0.2, 0.25) is 0 Å². The standard InChI is InChI=1S/C20H22O5/c1-14-5-8-19(24-4)16(11-14)13-25-20(21)10-6-15-12-17(22-2)7-9-18(15)23-3/h5-12H,13H2,1-4H3/b10-6+. The summed E-state index contributed by atoms with van der Waals surface area (Å²) < 4.78 is 21.0. The Morgan fingerprint density at radius 1 is 0.960 bits per heavy atom. The van der Waals surface area contributed by atoms with Crippen molar-refractivity contribution in [3.8, 4) is 17.2 Å². The van der Waals surface area contributed by atoms with E-state index >= 15 is 0 Å². The molecule has 0 bridgehead atoms. The molecule has 0 aliphatic carbocycles. The SMILES string of the molecule is COc1ccc(OC)c(/C=C/C(=O)OCc2cc(C)ccc2OC)c1. The maximum Gasteiger partial charge on any atom is 0.331 e. The van der Waals surface area contributed by atoms with Gasteiger partial charge in [-0.05, 0) is 43.3 Å². The van der Waals surface area contributed by atoms with E-state index in [4.69, 9.17) is 18.9 Å². The van der Waals surface area contributed by atoms with Gasteiger partial charge in [0.15, 0.2) is 0 Å². The summed E-state index contributed by atoms with van der Waals surface area (Å²) in [6.45, 7) is 2.11. The first-order chi connectivity index (χ1) is 12.1. The summed E-state index contributed by atoms with van der Waals surface area (Å²) >= 11 is 0. The first kappa shape index (κ1) is 18.4. The third-order valence-electron chi connectivity index (χ3n) is 3.64. The van der Waals surface area contributed by atoms with E-state index in [0.29, 0.717) is 17.2 Å². The molecular formula is C20H22O5. The molecule has 5 nitrogen and oxygen atoms in total. The first-order valence-electron chi connectivity index (χ1n) is 7.77. The zero-order chi connectivity index (χ0) is 18.2. The van der Waals surface area contributed by atoms with E-state index in [1.807, 2.05) is 25.1 Å². The van der Waals surface area contributed by atoms with E-state index < -0.39 is 5.97 Å². The van der Waals surface area contributed by atoms with Crippen LogP contribution in [-0.2, 0) is 16.1 Å². The minimum Gasteiger partial charge on any atom is -0.497 e. The van der Waals surface area contributed by atoms with Crippen molar-refractivity contribution in [2.24, 2.45) is 0 Å². The molecule has 0 N–H and O–H groups in total. The third kappa shape index (κ3) is 5.01. The van der Waals surface area contributed by atoms with Gasteiger partial charge in [0.05, 0.1) is 21.3 Å². The quantitative estimate of drug-likeness (QED) is 0.566. The van der Waals surface area contributed by atoms with Gasteiger partial charge >= 0.3 is 5.97 Å². The lowest BCUT2D eigenvalue weighted by Crippen LogP contribution is -2.02. The van der Waals surface area contributed by atoms with Gasteiger partial charge in [-0.1, -0.05) is 11.6 Å². The normalized spacial score (nSPS) is 10.6. The molecule has 5 heteroatoms. The largest absolute Gasteiger partial charge is 0.497 e. The zero-order valence-corrected chi connectivity index (χ0v) is 14.9. The van der Waals surface area contributed by atoms with E-state index in [1.165, 1.54) is 6.08 Å². The second kappa shape index (κ2) is 8.78. The lowest BCUT2D eigenvalue weighted by molar-refractivity contribution is -0.138. The van der Waals surface area contributed by atoms with Crippen molar-refractivity contribution in [1.82, 2.24) is 0 Å². The van der Waals surface area contributed by atoms with Crippen LogP contribution >= 0.6 is 0 Å². The van der Waals surface area contributed by atoms with Crippen molar-refractivity contribution in [3.05, 3.63) is 59.2 Å². The molecule has 0 radical (unpaired) electrons. The molecule has 0 spiro atoms. The predicted molar refractivity (Wildman–Crippen MR) is 96.1 cm³/mol. The molecule has 0 atom stereocenters. The van der Waals surface area contributed by atoms with Crippen LogP contribution in [0.1, 0.15) is 16.7 Å².